The van der Waals surface area contributed by atoms with Crippen molar-refractivity contribution in [1.82, 2.24) is 9.88 Å². The molecule has 25 heavy (non-hydrogen) atoms. The minimum atomic E-state index is 0.282. The Balaban J connectivity index is 1.69. The van der Waals surface area contributed by atoms with E-state index in [1.54, 1.807) is 0 Å². The van der Waals surface area contributed by atoms with E-state index < -0.39 is 0 Å². The summed E-state index contributed by atoms with van der Waals surface area (Å²) >= 11 is 0. The molecule has 0 amide bonds. The number of ether oxygens (including phenoxy) is 1. The Morgan fingerprint density at radius 3 is 2.80 bits per heavy atom. The first-order chi connectivity index (χ1) is 12.3. The number of anilines is 2. The van der Waals surface area contributed by atoms with Gasteiger partial charge in [-0.25, -0.2) is 4.98 Å². The van der Waals surface area contributed by atoms with Crippen molar-refractivity contribution >= 4 is 11.6 Å². The lowest BCUT2D eigenvalue weighted by Gasteiger charge is -2.30. The molecule has 2 saturated heterocycles. The standard InChI is InChI=1S/C19H27N5O/c1-23-9-6-15-16(11-20)19(24-7-2-3-8-24)22-18(17(15)13-23)21-12-14-5-4-10-25-14/h14H,2-10,12-13H2,1H3,(H,21,22). The number of nitrogens with zero attached hydrogens (tertiary/aromatic N) is 4. The lowest BCUT2D eigenvalue weighted by Crippen LogP contribution is -2.31. The van der Waals surface area contributed by atoms with Crippen LogP contribution in [-0.4, -0.2) is 55.8 Å². The third-order valence-corrected chi connectivity index (χ3v) is 5.60. The average Bonchev–Trinajstić information content (AvgIpc) is 3.32. The molecular weight excluding hydrogens is 314 g/mol. The maximum absolute atomic E-state index is 9.82. The minimum Gasteiger partial charge on any atom is -0.376 e. The molecule has 0 radical (unpaired) electrons. The first-order valence-electron chi connectivity index (χ1n) is 9.51. The highest BCUT2D eigenvalue weighted by Crippen LogP contribution is 2.34. The molecule has 1 aromatic rings. The summed E-state index contributed by atoms with van der Waals surface area (Å²) in [6.07, 6.45) is 5.84. The Kier molecular flexibility index (Phi) is 4.78. The van der Waals surface area contributed by atoms with Crippen LogP contribution in [0.15, 0.2) is 0 Å². The molecule has 3 aliphatic heterocycles. The van der Waals surface area contributed by atoms with Gasteiger partial charge >= 0.3 is 0 Å². The van der Waals surface area contributed by atoms with Crippen molar-refractivity contribution in [3.05, 3.63) is 16.7 Å². The van der Waals surface area contributed by atoms with E-state index >= 15 is 0 Å². The van der Waals surface area contributed by atoms with Crippen LogP contribution in [0.2, 0.25) is 0 Å². The average molecular weight is 341 g/mol. The fraction of sp³-hybridized carbons (Fsp3) is 0.684. The molecule has 6 heteroatoms. The van der Waals surface area contributed by atoms with Crippen LogP contribution >= 0.6 is 0 Å². The number of nitriles is 1. The summed E-state index contributed by atoms with van der Waals surface area (Å²) in [5, 5.41) is 13.4. The van der Waals surface area contributed by atoms with Gasteiger partial charge in [0.15, 0.2) is 0 Å². The van der Waals surface area contributed by atoms with Crippen LogP contribution in [0.4, 0.5) is 11.6 Å². The highest BCUT2D eigenvalue weighted by molar-refractivity contribution is 5.67. The molecule has 1 atom stereocenters. The normalized spacial score (nSPS) is 23.5. The quantitative estimate of drug-likeness (QED) is 0.905. The number of aromatic nitrogens is 1. The topological polar surface area (TPSA) is 64.4 Å². The van der Waals surface area contributed by atoms with Crippen molar-refractivity contribution in [3.63, 3.8) is 0 Å². The van der Waals surface area contributed by atoms with Gasteiger partial charge < -0.3 is 19.9 Å². The number of likely N-dealkylation sites (N-methyl/N-ethyl adjacent to an activating group) is 1. The van der Waals surface area contributed by atoms with Gasteiger partial charge in [-0.3, -0.25) is 0 Å². The molecule has 0 spiro atoms. The van der Waals surface area contributed by atoms with E-state index in [4.69, 9.17) is 9.72 Å². The molecule has 6 nitrogen and oxygen atoms in total. The predicted molar refractivity (Wildman–Crippen MR) is 97.9 cm³/mol. The Hall–Kier alpha value is -1.84. The largest absolute Gasteiger partial charge is 0.376 e. The van der Waals surface area contributed by atoms with Crippen molar-refractivity contribution in [1.29, 1.82) is 5.26 Å². The van der Waals surface area contributed by atoms with Crippen molar-refractivity contribution in [2.24, 2.45) is 0 Å². The van der Waals surface area contributed by atoms with Crippen molar-refractivity contribution in [3.8, 4) is 6.07 Å². The van der Waals surface area contributed by atoms with E-state index in [0.29, 0.717) is 0 Å². The molecule has 134 valence electrons. The second kappa shape index (κ2) is 7.19. The number of hydrogen-bond acceptors (Lipinski definition) is 6. The first kappa shape index (κ1) is 16.6. The second-order valence-electron chi connectivity index (χ2n) is 7.43. The lowest BCUT2D eigenvalue weighted by molar-refractivity contribution is 0.120. The number of rotatable bonds is 4. The van der Waals surface area contributed by atoms with Gasteiger partial charge in [0.25, 0.3) is 0 Å². The van der Waals surface area contributed by atoms with E-state index in [9.17, 15) is 5.26 Å². The number of pyridine rings is 1. The molecule has 0 aliphatic carbocycles. The summed E-state index contributed by atoms with van der Waals surface area (Å²) in [6, 6.07) is 2.46. The van der Waals surface area contributed by atoms with E-state index in [0.717, 1.165) is 75.8 Å². The van der Waals surface area contributed by atoms with Crippen LogP contribution < -0.4 is 10.2 Å². The third-order valence-electron chi connectivity index (χ3n) is 5.60. The van der Waals surface area contributed by atoms with Crippen molar-refractivity contribution < 1.29 is 4.74 Å². The van der Waals surface area contributed by atoms with E-state index in [-0.39, 0.29) is 6.10 Å². The van der Waals surface area contributed by atoms with Gasteiger partial charge in [0.2, 0.25) is 0 Å². The van der Waals surface area contributed by atoms with E-state index in [1.165, 1.54) is 24.0 Å². The zero-order valence-electron chi connectivity index (χ0n) is 15.1. The Morgan fingerprint density at radius 2 is 2.08 bits per heavy atom. The highest BCUT2D eigenvalue weighted by Gasteiger charge is 2.28. The molecule has 0 saturated carbocycles. The zero-order chi connectivity index (χ0) is 17.2. The summed E-state index contributed by atoms with van der Waals surface area (Å²) in [5.74, 6) is 1.84. The van der Waals surface area contributed by atoms with Gasteiger partial charge in [-0.15, -0.1) is 0 Å². The van der Waals surface area contributed by atoms with E-state index in [1.807, 2.05) is 0 Å². The number of hydrogen-bond donors (Lipinski definition) is 1. The van der Waals surface area contributed by atoms with Crippen LogP contribution in [0.1, 0.15) is 42.4 Å². The molecule has 3 aliphatic rings. The van der Waals surface area contributed by atoms with Crippen LogP contribution in [0.5, 0.6) is 0 Å². The van der Waals surface area contributed by atoms with Crippen molar-refractivity contribution in [2.45, 2.75) is 44.8 Å². The van der Waals surface area contributed by atoms with Gasteiger partial charge in [-0.1, -0.05) is 0 Å². The smallest absolute Gasteiger partial charge is 0.149 e. The van der Waals surface area contributed by atoms with Crippen LogP contribution in [0, 0.1) is 11.3 Å². The SMILES string of the molecule is CN1CCc2c(C#N)c(N3CCCC3)nc(NCC3CCCO3)c2C1. The minimum absolute atomic E-state index is 0.282. The summed E-state index contributed by atoms with van der Waals surface area (Å²) in [7, 11) is 2.13. The molecule has 1 unspecified atom stereocenters. The Bertz CT molecular complexity index is 671. The fourth-order valence-corrected chi connectivity index (χ4v) is 4.19. The van der Waals surface area contributed by atoms with Gasteiger partial charge in [0, 0.05) is 44.9 Å². The van der Waals surface area contributed by atoms with Crippen LogP contribution in [-0.2, 0) is 17.7 Å². The molecule has 0 aromatic carbocycles. The van der Waals surface area contributed by atoms with Crippen LogP contribution in [0.3, 0.4) is 0 Å². The van der Waals surface area contributed by atoms with Gasteiger partial charge in [-0.2, -0.15) is 5.26 Å². The second-order valence-corrected chi connectivity index (χ2v) is 7.43. The molecule has 1 aromatic heterocycles. The Morgan fingerprint density at radius 1 is 1.24 bits per heavy atom. The summed E-state index contributed by atoms with van der Waals surface area (Å²) in [4.78, 5) is 9.53. The predicted octanol–water partition coefficient (Wildman–Crippen LogP) is 2.13. The molecule has 1 N–H and O–H groups in total. The molecule has 2 fully saturated rings. The lowest BCUT2D eigenvalue weighted by atomic mass is 9.95. The van der Waals surface area contributed by atoms with Gasteiger partial charge in [0.05, 0.1) is 11.7 Å². The number of fused-ring (bicyclic) bond motifs is 1. The molecule has 4 rings (SSSR count). The van der Waals surface area contributed by atoms with Crippen LogP contribution in [0.25, 0.3) is 0 Å². The Labute approximate surface area is 149 Å². The fourth-order valence-electron chi connectivity index (χ4n) is 4.19. The molecule has 0 bridgehead atoms. The summed E-state index contributed by atoms with van der Waals surface area (Å²) in [6.45, 7) is 5.53. The summed E-state index contributed by atoms with van der Waals surface area (Å²) in [5.41, 5.74) is 3.20. The van der Waals surface area contributed by atoms with Gasteiger partial charge in [-0.05, 0) is 44.7 Å². The summed E-state index contributed by atoms with van der Waals surface area (Å²) < 4.78 is 5.75. The van der Waals surface area contributed by atoms with Gasteiger partial charge in [0.1, 0.15) is 17.7 Å². The maximum atomic E-state index is 9.82. The maximum Gasteiger partial charge on any atom is 0.149 e. The molecular formula is C19H27N5O. The monoisotopic (exact) mass is 341 g/mol. The first-order valence-corrected chi connectivity index (χ1v) is 9.51. The zero-order valence-corrected chi connectivity index (χ0v) is 15.1. The third kappa shape index (κ3) is 3.31. The highest BCUT2D eigenvalue weighted by atomic mass is 16.5. The number of nitrogens with one attached hydrogen (secondary N) is 1. The molecule has 4 heterocycles. The van der Waals surface area contributed by atoms with E-state index in [2.05, 4.69) is 28.2 Å². The van der Waals surface area contributed by atoms with Crippen molar-refractivity contribution in [2.75, 3.05) is 50.1 Å².